The first kappa shape index (κ1) is 74.3. The molecule has 1 amide bonds. The Hall–Kier alpha value is -1.66. The van der Waals surface area contributed by atoms with Crippen LogP contribution in [0, 0.1) is 0 Å². The lowest BCUT2D eigenvalue weighted by Crippen LogP contribution is -2.45. The first-order valence-corrected chi connectivity index (χ1v) is 34.6. The minimum Gasteiger partial charge on any atom is -0.466 e. The second kappa shape index (κ2) is 65.9. The van der Waals surface area contributed by atoms with Crippen LogP contribution in [0.25, 0.3) is 0 Å². The molecule has 0 aliphatic rings. The molecule has 0 radical (unpaired) electrons. The van der Waals surface area contributed by atoms with E-state index in [0.717, 1.165) is 38.5 Å². The lowest BCUT2D eigenvalue weighted by atomic mass is 10.0. The Kier molecular flexibility index (Phi) is 64.4. The van der Waals surface area contributed by atoms with Crippen molar-refractivity contribution < 1.29 is 24.5 Å². The average Bonchev–Trinajstić information content (AvgIpc) is 3.42. The van der Waals surface area contributed by atoms with Crippen molar-refractivity contribution in [2.24, 2.45) is 0 Å². The van der Waals surface area contributed by atoms with Gasteiger partial charge in [0, 0.05) is 12.8 Å². The summed E-state index contributed by atoms with van der Waals surface area (Å²) in [5.74, 6) is -0.0445. The van der Waals surface area contributed by atoms with Crippen molar-refractivity contribution in [2.45, 2.75) is 398 Å². The lowest BCUT2D eigenvalue weighted by Gasteiger charge is -2.20. The molecular weight excluding hydrogens is 935 g/mol. The Balaban J connectivity index is 3.37. The number of amides is 1. The van der Waals surface area contributed by atoms with Crippen molar-refractivity contribution >= 4 is 11.9 Å². The highest BCUT2D eigenvalue weighted by Crippen LogP contribution is 2.18. The zero-order chi connectivity index (χ0) is 55.0. The fourth-order valence-electron chi connectivity index (χ4n) is 10.9. The monoisotopic (exact) mass is 1070 g/mol. The molecule has 450 valence electrons. The molecule has 0 fully saturated rings. The van der Waals surface area contributed by atoms with Crippen LogP contribution in [0.5, 0.6) is 0 Å². The molecule has 6 nitrogen and oxygen atoms in total. The summed E-state index contributed by atoms with van der Waals surface area (Å²) in [7, 11) is 0. The van der Waals surface area contributed by atoms with Crippen molar-refractivity contribution in [1.29, 1.82) is 0 Å². The SMILES string of the molecule is CCCCCCCCCCCCCCC/C=C/C(O)C(CO)NC(=O)CCCCCCCCCCCCCCCC/C=C\CCCCCCCCCCCCCCOC(=O)CCCCCCCCCCCCCCCC. The number of ether oxygens (including phenoxy) is 1. The van der Waals surface area contributed by atoms with Crippen molar-refractivity contribution in [1.82, 2.24) is 5.32 Å². The number of hydrogen-bond acceptors (Lipinski definition) is 5. The standard InChI is InChI=1S/C70H135NO5/c1-3-5-7-9-11-13-15-17-35-38-42-46-50-54-58-62-68(73)67(66-72)71-69(74)63-59-55-51-47-43-39-36-33-31-29-27-25-23-21-19-20-22-24-26-28-30-32-34-37-41-45-49-53-57-61-65-76-70(75)64-60-56-52-48-44-40-18-16-14-12-10-8-6-4-2/h20,22,58,62,67-68,72-73H,3-19,21,23-57,59-61,63-66H2,1-2H3,(H,71,74)/b22-20-,62-58+. The molecular formula is C70H135NO5. The molecule has 0 saturated carbocycles. The van der Waals surface area contributed by atoms with E-state index in [2.05, 4.69) is 31.3 Å². The van der Waals surface area contributed by atoms with Gasteiger partial charge in [0.25, 0.3) is 0 Å². The summed E-state index contributed by atoms with van der Waals surface area (Å²) >= 11 is 0. The topological polar surface area (TPSA) is 95.9 Å². The minimum atomic E-state index is -0.843. The molecule has 0 aliphatic heterocycles. The zero-order valence-corrected chi connectivity index (χ0v) is 51.5. The van der Waals surface area contributed by atoms with Gasteiger partial charge >= 0.3 is 5.97 Å². The molecule has 0 spiro atoms. The van der Waals surface area contributed by atoms with Crippen LogP contribution in [0.2, 0.25) is 0 Å². The molecule has 0 bridgehead atoms. The predicted molar refractivity (Wildman–Crippen MR) is 333 cm³/mol. The van der Waals surface area contributed by atoms with E-state index in [0.29, 0.717) is 19.4 Å². The highest BCUT2D eigenvalue weighted by molar-refractivity contribution is 5.76. The third kappa shape index (κ3) is 61.6. The van der Waals surface area contributed by atoms with Crippen molar-refractivity contribution in [3.8, 4) is 0 Å². The van der Waals surface area contributed by atoms with Crippen molar-refractivity contribution in [3.05, 3.63) is 24.3 Å². The second-order valence-corrected chi connectivity index (χ2v) is 23.9. The quantitative estimate of drug-likeness (QED) is 0.0320. The van der Waals surface area contributed by atoms with Crippen molar-refractivity contribution in [3.63, 3.8) is 0 Å². The minimum absolute atomic E-state index is 0.0196. The number of rotatable bonds is 65. The molecule has 0 heterocycles. The fourth-order valence-corrected chi connectivity index (χ4v) is 10.9. The molecule has 0 rings (SSSR count). The van der Waals surface area contributed by atoms with Gasteiger partial charge in [-0.15, -0.1) is 0 Å². The highest BCUT2D eigenvalue weighted by atomic mass is 16.5. The second-order valence-electron chi connectivity index (χ2n) is 23.9. The molecule has 2 atom stereocenters. The Morgan fingerprint density at radius 3 is 0.934 bits per heavy atom. The number of hydrogen-bond donors (Lipinski definition) is 3. The summed E-state index contributed by atoms with van der Waals surface area (Å²) in [5.41, 5.74) is 0. The number of carbonyl (C=O) groups is 2. The maximum absolute atomic E-state index is 12.5. The Bertz CT molecular complexity index is 1190. The van der Waals surface area contributed by atoms with Gasteiger partial charge < -0.3 is 20.3 Å². The number of aliphatic hydroxyl groups is 2. The molecule has 2 unspecified atom stereocenters. The van der Waals surface area contributed by atoms with Crippen LogP contribution in [0.3, 0.4) is 0 Å². The summed E-state index contributed by atoms with van der Waals surface area (Å²) in [6, 6.07) is -0.626. The van der Waals surface area contributed by atoms with Crippen LogP contribution in [-0.2, 0) is 14.3 Å². The van der Waals surface area contributed by atoms with Gasteiger partial charge in [0.2, 0.25) is 5.91 Å². The summed E-state index contributed by atoms with van der Waals surface area (Å²) in [4.78, 5) is 24.5. The van der Waals surface area contributed by atoms with Crippen LogP contribution < -0.4 is 5.32 Å². The number of carbonyl (C=O) groups excluding carboxylic acids is 2. The third-order valence-corrected chi connectivity index (χ3v) is 16.2. The van der Waals surface area contributed by atoms with E-state index in [-0.39, 0.29) is 18.5 Å². The Morgan fingerprint density at radius 2 is 0.618 bits per heavy atom. The van der Waals surface area contributed by atoms with Gasteiger partial charge in [-0.05, 0) is 57.8 Å². The molecule has 6 heteroatoms. The Labute approximate surface area is 475 Å². The van der Waals surface area contributed by atoms with Gasteiger partial charge in [0.05, 0.1) is 25.4 Å². The van der Waals surface area contributed by atoms with Crippen LogP contribution in [0.1, 0.15) is 386 Å². The maximum Gasteiger partial charge on any atom is 0.305 e. The lowest BCUT2D eigenvalue weighted by molar-refractivity contribution is -0.143. The van der Waals surface area contributed by atoms with Crippen LogP contribution in [-0.4, -0.2) is 47.4 Å². The van der Waals surface area contributed by atoms with E-state index in [4.69, 9.17) is 4.74 Å². The molecule has 0 aliphatic carbocycles. The Morgan fingerprint density at radius 1 is 0.355 bits per heavy atom. The van der Waals surface area contributed by atoms with E-state index >= 15 is 0 Å². The normalized spacial score (nSPS) is 12.6. The average molecular weight is 1070 g/mol. The van der Waals surface area contributed by atoms with Crippen molar-refractivity contribution in [2.75, 3.05) is 13.2 Å². The molecule has 0 aromatic heterocycles. The highest BCUT2D eigenvalue weighted by Gasteiger charge is 2.18. The van der Waals surface area contributed by atoms with E-state index in [1.54, 1.807) is 6.08 Å². The number of allylic oxidation sites excluding steroid dienone is 3. The summed E-state index contributed by atoms with van der Waals surface area (Å²) in [6.45, 7) is 4.94. The number of esters is 1. The first-order valence-electron chi connectivity index (χ1n) is 34.6. The van der Waals surface area contributed by atoms with Gasteiger partial charge in [-0.25, -0.2) is 0 Å². The fraction of sp³-hybridized carbons (Fsp3) is 0.914. The zero-order valence-electron chi connectivity index (χ0n) is 51.5. The number of nitrogens with one attached hydrogen (secondary N) is 1. The van der Waals surface area contributed by atoms with Crippen LogP contribution in [0.4, 0.5) is 0 Å². The molecule has 0 aromatic rings. The molecule has 76 heavy (non-hydrogen) atoms. The molecule has 0 aromatic carbocycles. The summed E-state index contributed by atoms with van der Waals surface area (Å²) < 4.78 is 5.49. The smallest absolute Gasteiger partial charge is 0.305 e. The maximum atomic E-state index is 12.5. The third-order valence-electron chi connectivity index (χ3n) is 16.2. The largest absolute Gasteiger partial charge is 0.466 e. The van der Waals surface area contributed by atoms with E-state index in [1.165, 1.54) is 321 Å². The van der Waals surface area contributed by atoms with Gasteiger partial charge in [-0.3, -0.25) is 9.59 Å². The summed E-state index contributed by atoms with van der Waals surface area (Å²) in [6.07, 6.45) is 82.5. The van der Waals surface area contributed by atoms with Gasteiger partial charge in [0.15, 0.2) is 0 Å². The van der Waals surface area contributed by atoms with Gasteiger partial charge in [-0.2, -0.15) is 0 Å². The van der Waals surface area contributed by atoms with Crippen LogP contribution in [0.15, 0.2) is 24.3 Å². The van der Waals surface area contributed by atoms with Gasteiger partial charge in [0.1, 0.15) is 0 Å². The predicted octanol–water partition coefficient (Wildman–Crippen LogP) is 22.1. The molecule has 3 N–H and O–H groups in total. The van der Waals surface area contributed by atoms with Crippen LogP contribution >= 0.6 is 0 Å². The van der Waals surface area contributed by atoms with Gasteiger partial charge in [-0.1, -0.05) is 340 Å². The molecule has 0 saturated heterocycles. The van der Waals surface area contributed by atoms with E-state index < -0.39 is 12.1 Å². The summed E-state index contributed by atoms with van der Waals surface area (Å²) in [5, 5.41) is 23.2. The number of unbranched alkanes of at least 4 members (excludes halogenated alkanes) is 52. The van der Waals surface area contributed by atoms with E-state index in [1.807, 2.05) is 6.08 Å². The van der Waals surface area contributed by atoms with E-state index in [9.17, 15) is 19.8 Å². The number of aliphatic hydroxyl groups excluding tert-OH is 2. The first-order chi connectivity index (χ1) is 37.5.